The van der Waals surface area contributed by atoms with E-state index in [-0.39, 0.29) is 0 Å². The molecule has 0 aliphatic heterocycles. The lowest BCUT2D eigenvalue weighted by atomic mass is 9.98. The number of carbonyl (C=O) groups excluding carboxylic acids is 1. The van der Waals surface area contributed by atoms with Crippen LogP contribution in [0.5, 0.6) is 5.75 Å². The van der Waals surface area contributed by atoms with Gasteiger partial charge < -0.3 is 14.8 Å². The van der Waals surface area contributed by atoms with Gasteiger partial charge in [0.15, 0.2) is 0 Å². The topological polar surface area (TPSA) is 38.3 Å². The number of methoxy groups -OCH3 is 1. The summed E-state index contributed by atoms with van der Waals surface area (Å²) in [6, 6.07) is 1.45. The van der Waals surface area contributed by atoms with Crippen molar-refractivity contribution in [1.29, 1.82) is 0 Å². The standard InChI is InChI=1S/C12H16ClNO2/c1-7-5-10(16-4)11(8(2)12(7)13)9(6-15)14-3/h5-6,9,14H,1-4H3. The zero-order chi connectivity index (χ0) is 12.3. The molecule has 0 saturated heterocycles. The number of benzene rings is 1. The number of hydrogen-bond donors (Lipinski definition) is 1. The van der Waals surface area contributed by atoms with E-state index in [1.165, 1.54) is 0 Å². The Bertz CT molecular complexity index is 404. The highest BCUT2D eigenvalue weighted by Gasteiger charge is 2.19. The summed E-state index contributed by atoms with van der Waals surface area (Å²) >= 11 is 6.17. The van der Waals surface area contributed by atoms with Crippen molar-refractivity contribution in [3.8, 4) is 5.75 Å². The molecule has 1 aromatic rings. The van der Waals surface area contributed by atoms with Crippen LogP contribution >= 0.6 is 11.6 Å². The molecule has 0 aromatic heterocycles. The number of ether oxygens (including phenoxy) is 1. The number of likely N-dealkylation sites (N-methyl/N-ethyl adjacent to an activating group) is 1. The number of halogens is 1. The average molecular weight is 242 g/mol. The Balaban J connectivity index is 3.45. The van der Waals surface area contributed by atoms with Gasteiger partial charge >= 0.3 is 0 Å². The van der Waals surface area contributed by atoms with E-state index in [1.54, 1.807) is 14.2 Å². The summed E-state index contributed by atoms with van der Waals surface area (Å²) in [5, 5.41) is 3.60. The number of aryl methyl sites for hydroxylation is 1. The molecule has 0 amide bonds. The maximum absolute atomic E-state index is 11.0. The van der Waals surface area contributed by atoms with Gasteiger partial charge in [0.2, 0.25) is 0 Å². The number of nitrogens with one attached hydrogen (secondary N) is 1. The zero-order valence-corrected chi connectivity index (χ0v) is 10.7. The van der Waals surface area contributed by atoms with Gasteiger partial charge in [-0.1, -0.05) is 11.6 Å². The van der Waals surface area contributed by atoms with Gasteiger partial charge in [-0.15, -0.1) is 0 Å². The van der Waals surface area contributed by atoms with Crippen LogP contribution in [0.2, 0.25) is 5.02 Å². The normalized spacial score (nSPS) is 12.3. The molecule has 0 aliphatic carbocycles. The summed E-state index contributed by atoms with van der Waals surface area (Å²) in [6.07, 6.45) is 0.844. The molecule has 1 aromatic carbocycles. The molecule has 3 nitrogen and oxygen atoms in total. The Kier molecular flexibility index (Phi) is 4.33. The third-order valence-corrected chi connectivity index (χ3v) is 3.25. The quantitative estimate of drug-likeness (QED) is 0.823. The fourth-order valence-electron chi connectivity index (χ4n) is 1.77. The van der Waals surface area contributed by atoms with Crippen molar-refractivity contribution in [3.05, 3.63) is 27.8 Å². The monoisotopic (exact) mass is 241 g/mol. The SMILES string of the molecule is CNC(C=O)c1c(OC)cc(C)c(Cl)c1C. The molecule has 16 heavy (non-hydrogen) atoms. The van der Waals surface area contributed by atoms with Crippen LogP contribution < -0.4 is 10.1 Å². The van der Waals surface area contributed by atoms with Crippen molar-refractivity contribution in [2.45, 2.75) is 19.9 Å². The van der Waals surface area contributed by atoms with Gasteiger partial charge in [-0.25, -0.2) is 0 Å². The average Bonchev–Trinajstić information content (AvgIpc) is 2.29. The van der Waals surface area contributed by atoms with E-state index >= 15 is 0 Å². The van der Waals surface area contributed by atoms with Crippen LogP contribution in [0, 0.1) is 13.8 Å². The van der Waals surface area contributed by atoms with Crippen LogP contribution in [0.15, 0.2) is 6.07 Å². The van der Waals surface area contributed by atoms with Gasteiger partial charge in [0, 0.05) is 10.6 Å². The lowest BCUT2D eigenvalue weighted by molar-refractivity contribution is -0.109. The smallest absolute Gasteiger partial charge is 0.141 e. The minimum absolute atomic E-state index is 0.395. The van der Waals surface area contributed by atoms with E-state index in [4.69, 9.17) is 16.3 Å². The molecule has 0 radical (unpaired) electrons. The molecule has 1 rings (SSSR count). The van der Waals surface area contributed by atoms with Gasteiger partial charge in [0.05, 0.1) is 13.2 Å². The molecule has 0 spiro atoms. The second kappa shape index (κ2) is 5.32. The van der Waals surface area contributed by atoms with Crippen molar-refractivity contribution >= 4 is 17.9 Å². The fraction of sp³-hybridized carbons (Fsp3) is 0.417. The predicted molar refractivity (Wildman–Crippen MR) is 65.3 cm³/mol. The lowest BCUT2D eigenvalue weighted by Gasteiger charge is -2.19. The van der Waals surface area contributed by atoms with Gasteiger partial charge in [-0.2, -0.15) is 0 Å². The van der Waals surface area contributed by atoms with Crippen LogP contribution in [0.25, 0.3) is 0 Å². The van der Waals surface area contributed by atoms with Crippen molar-refractivity contribution in [2.24, 2.45) is 0 Å². The summed E-state index contributed by atoms with van der Waals surface area (Å²) < 4.78 is 5.29. The molecular formula is C12H16ClNO2. The molecule has 0 aliphatic rings. The predicted octanol–water partition coefficient (Wildman–Crippen LogP) is 2.42. The zero-order valence-electron chi connectivity index (χ0n) is 9.93. The summed E-state index contributed by atoms with van der Waals surface area (Å²) in [5.74, 6) is 0.686. The Morgan fingerprint density at radius 3 is 2.56 bits per heavy atom. The summed E-state index contributed by atoms with van der Waals surface area (Å²) in [7, 11) is 3.31. The molecule has 1 N–H and O–H groups in total. The molecule has 4 heteroatoms. The first kappa shape index (κ1) is 13.0. The van der Waals surface area contributed by atoms with E-state index in [0.717, 1.165) is 23.0 Å². The van der Waals surface area contributed by atoms with E-state index < -0.39 is 6.04 Å². The summed E-state index contributed by atoms with van der Waals surface area (Å²) in [6.45, 7) is 3.80. The minimum Gasteiger partial charge on any atom is -0.496 e. The van der Waals surface area contributed by atoms with E-state index in [9.17, 15) is 4.79 Å². The molecule has 1 atom stereocenters. The molecular weight excluding hydrogens is 226 g/mol. The number of aldehydes is 1. The van der Waals surface area contributed by atoms with E-state index in [1.807, 2.05) is 19.9 Å². The Morgan fingerprint density at radius 2 is 2.12 bits per heavy atom. The van der Waals surface area contributed by atoms with Crippen LogP contribution in [0.4, 0.5) is 0 Å². The lowest BCUT2D eigenvalue weighted by Crippen LogP contribution is -2.19. The largest absolute Gasteiger partial charge is 0.496 e. The molecule has 0 heterocycles. The van der Waals surface area contributed by atoms with Crippen molar-refractivity contribution in [3.63, 3.8) is 0 Å². The molecule has 88 valence electrons. The number of rotatable bonds is 4. The number of carbonyl (C=O) groups is 1. The second-order valence-corrected chi connectivity index (χ2v) is 4.03. The first-order valence-corrected chi connectivity index (χ1v) is 5.40. The van der Waals surface area contributed by atoms with Gasteiger partial charge in [0.25, 0.3) is 0 Å². The first-order valence-electron chi connectivity index (χ1n) is 5.03. The highest BCUT2D eigenvalue weighted by Crippen LogP contribution is 2.34. The van der Waals surface area contributed by atoms with Crippen LogP contribution in [-0.4, -0.2) is 20.4 Å². The van der Waals surface area contributed by atoms with Crippen molar-refractivity contribution in [1.82, 2.24) is 5.32 Å². The highest BCUT2D eigenvalue weighted by molar-refractivity contribution is 6.32. The highest BCUT2D eigenvalue weighted by atomic mass is 35.5. The van der Waals surface area contributed by atoms with Gasteiger partial charge in [-0.3, -0.25) is 0 Å². The van der Waals surface area contributed by atoms with Gasteiger partial charge in [-0.05, 0) is 38.1 Å². The molecule has 1 unspecified atom stereocenters. The first-order chi connectivity index (χ1) is 7.56. The fourth-order valence-corrected chi connectivity index (χ4v) is 1.93. The van der Waals surface area contributed by atoms with E-state index in [0.29, 0.717) is 10.8 Å². The Hall–Kier alpha value is -1.06. The van der Waals surface area contributed by atoms with Crippen molar-refractivity contribution in [2.75, 3.05) is 14.2 Å². The van der Waals surface area contributed by atoms with Crippen LogP contribution in [0.3, 0.4) is 0 Å². The molecule has 0 saturated carbocycles. The Morgan fingerprint density at radius 1 is 1.50 bits per heavy atom. The maximum Gasteiger partial charge on any atom is 0.141 e. The molecule has 0 bridgehead atoms. The van der Waals surface area contributed by atoms with Crippen LogP contribution in [0.1, 0.15) is 22.7 Å². The van der Waals surface area contributed by atoms with E-state index in [2.05, 4.69) is 5.32 Å². The van der Waals surface area contributed by atoms with Gasteiger partial charge in [0.1, 0.15) is 12.0 Å². The maximum atomic E-state index is 11.0. The van der Waals surface area contributed by atoms with Crippen molar-refractivity contribution < 1.29 is 9.53 Å². The third-order valence-electron chi connectivity index (χ3n) is 2.67. The minimum atomic E-state index is -0.395. The molecule has 0 fully saturated rings. The summed E-state index contributed by atoms with van der Waals surface area (Å²) in [5.41, 5.74) is 2.63. The van der Waals surface area contributed by atoms with Crippen LogP contribution in [-0.2, 0) is 4.79 Å². The third kappa shape index (κ3) is 2.20. The summed E-state index contributed by atoms with van der Waals surface area (Å²) in [4.78, 5) is 11.0. The Labute approximate surface area is 101 Å². The second-order valence-electron chi connectivity index (χ2n) is 3.65. The number of hydrogen-bond acceptors (Lipinski definition) is 3.